The highest BCUT2D eigenvalue weighted by atomic mass is 35.5. The predicted molar refractivity (Wildman–Crippen MR) is 63.9 cm³/mol. The lowest BCUT2D eigenvalue weighted by Gasteiger charge is -2.19. The fourth-order valence-electron chi connectivity index (χ4n) is 1.22. The number of hydrogen-bond donors (Lipinski definition) is 2. The van der Waals surface area contributed by atoms with Crippen LogP contribution in [0.1, 0.15) is 24.2 Å². The van der Waals surface area contributed by atoms with E-state index in [9.17, 15) is 9.59 Å². The quantitative estimate of drug-likeness (QED) is 0.784. The third-order valence-corrected chi connectivity index (χ3v) is 2.66. The molecule has 0 aliphatic carbocycles. The molecule has 0 aliphatic rings. The highest BCUT2D eigenvalue weighted by molar-refractivity contribution is 6.18. The van der Waals surface area contributed by atoms with Crippen LogP contribution in [-0.2, 0) is 0 Å². The van der Waals surface area contributed by atoms with Gasteiger partial charge < -0.3 is 10.3 Å². The van der Waals surface area contributed by atoms with Gasteiger partial charge in [-0.3, -0.25) is 9.59 Å². The Bertz CT molecular complexity index is 414. The van der Waals surface area contributed by atoms with Crippen molar-refractivity contribution >= 4 is 17.5 Å². The van der Waals surface area contributed by atoms with E-state index < -0.39 is 0 Å². The lowest BCUT2D eigenvalue weighted by molar-refractivity contribution is 0.0931. The average Bonchev–Trinajstić information content (AvgIpc) is 2.25. The summed E-state index contributed by atoms with van der Waals surface area (Å²) in [5.74, 6) is 0.334. The Morgan fingerprint density at radius 1 is 1.56 bits per heavy atom. The second kappa shape index (κ2) is 5.70. The minimum absolute atomic E-state index is 0.0894. The number of hydrogen-bond acceptors (Lipinski definition) is 2. The summed E-state index contributed by atoms with van der Waals surface area (Å²) in [7, 11) is 0. The van der Waals surface area contributed by atoms with E-state index in [1.165, 1.54) is 12.3 Å². The van der Waals surface area contributed by atoms with Crippen molar-refractivity contribution in [3.63, 3.8) is 0 Å². The number of carbonyl (C=O) groups excluding carboxylic acids is 1. The highest BCUT2D eigenvalue weighted by Crippen LogP contribution is 2.05. The van der Waals surface area contributed by atoms with Crippen LogP contribution in [0, 0.1) is 5.92 Å². The molecule has 88 valence electrons. The van der Waals surface area contributed by atoms with Crippen LogP contribution in [0.25, 0.3) is 0 Å². The molecule has 0 aromatic carbocycles. The highest BCUT2D eigenvalue weighted by Gasteiger charge is 2.16. The monoisotopic (exact) mass is 242 g/mol. The van der Waals surface area contributed by atoms with Gasteiger partial charge in [-0.1, -0.05) is 13.8 Å². The molecule has 1 rings (SSSR count). The topological polar surface area (TPSA) is 62.0 Å². The Balaban J connectivity index is 2.75. The number of alkyl halides is 1. The van der Waals surface area contributed by atoms with Crippen LogP contribution in [0.15, 0.2) is 23.1 Å². The molecular weight excluding hydrogens is 228 g/mol. The van der Waals surface area contributed by atoms with Crippen LogP contribution in [0.3, 0.4) is 0 Å². The number of H-pyrrole nitrogens is 1. The zero-order valence-corrected chi connectivity index (χ0v) is 10.0. The Hall–Kier alpha value is -1.29. The molecule has 0 radical (unpaired) electrons. The minimum Gasteiger partial charge on any atom is -0.348 e. The molecular formula is C11H15ClN2O2. The summed E-state index contributed by atoms with van der Waals surface area (Å²) in [6, 6.07) is 2.73. The molecule has 1 aromatic rings. The van der Waals surface area contributed by atoms with E-state index in [0.29, 0.717) is 11.4 Å². The maximum absolute atomic E-state index is 11.7. The molecule has 0 spiro atoms. The van der Waals surface area contributed by atoms with Gasteiger partial charge in [-0.25, -0.2) is 0 Å². The molecule has 0 saturated carbocycles. The summed E-state index contributed by atoms with van der Waals surface area (Å²) in [6.07, 6.45) is 1.45. The predicted octanol–water partition coefficient (Wildman–Crippen LogP) is 1.37. The van der Waals surface area contributed by atoms with Gasteiger partial charge in [0.1, 0.15) is 0 Å². The third kappa shape index (κ3) is 3.38. The maximum Gasteiger partial charge on any atom is 0.251 e. The summed E-state index contributed by atoms with van der Waals surface area (Å²) in [5, 5.41) is 2.79. The van der Waals surface area contributed by atoms with Gasteiger partial charge in [-0.2, -0.15) is 0 Å². The molecule has 0 fully saturated rings. The van der Waals surface area contributed by atoms with Gasteiger partial charge >= 0.3 is 0 Å². The van der Waals surface area contributed by atoms with Crippen LogP contribution in [-0.4, -0.2) is 22.8 Å². The summed E-state index contributed by atoms with van der Waals surface area (Å²) < 4.78 is 0. The molecule has 5 heteroatoms. The fourth-order valence-corrected chi connectivity index (χ4v) is 1.65. The molecule has 1 aromatic heterocycles. The van der Waals surface area contributed by atoms with Crippen molar-refractivity contribution in [1.29, 1.82) is 0 Å². The van der Waals surface area contributed by atoms with E-state index in [-0.39, 0.29) is 23.4 Å². The second-order valence-electron chi connectivity index (χ2n) is 3.92. The molecule has 4 nitrogen and oxygen atoms in total. The van der Waals surface area contributed by atoms with E-state index >= 15 is 0 Å². The van der Waals surface area contributed by atoms with Crippen LogP contribution in [0.5, 0.6) is 0 Å². The fraction of sp³-hybridized carbons (Fsp3) is 0.455. The number of aromatic nitrogens is 1. The van der Waals surface area contributed by atoms with Crippen molar-refractivity contribution < 1.29 is 4.79 Å². The summed E-state index contributed by atoms with van der Waals surface area (Å²) in [6.45, 7) is 3.95. The van der Waals surface area contributed by atoms with E-state index in [0.717, 1.165) is 0 Å². The van der Waals surface area contributed by atoms with Crippen LogP contribution in [0.2, 0.25) is 0 Å². The first kappa shape index (κ1) is 12.8. The van der Waals surface area contributed by atoms with Crippen LogP contribution >= 0.6 is 11.6 Å². The van der Waals surface area contributed by atoms with Gasteiger partial charge in [-0.15, -0.1) is 11.6 Å². The lowest BCUT2D eigenvalue weighted by atomic mass is 10.1. The molecule has 1 atom stereocenters. The Morgan fingerprint density at radius 3 is 2.75 bits per heavy atom. The SMILES string of the molecule is CC(C)C(CCl)NC(=O)c1cc[nH]c(=O)c1. The Kier molecular flexibility index (Phi) is 4.55. The normalized spacial score (nSPS) is 12.5. The average molecular weight is 243 g/mol. The van der Waals surface area contributed by atoms with Gasteiger partial charge in [0, 0.05) is 29.7 Å². The zero-order valence-electron chi connectivity index (χ0n) is 9.29. The Morgan fingerprint density at radius 2 is 2.25 bits per heavy atom. The summed E-state index contributed by atoms with van der Waals surface area (Å²) >= 11 is 5.74. The first-order valence-corrected chi connectivity index (χ1v) is 5.63. The Labute approximate surface area is 99.0 Å². The number of nitrogens with one attached hydrogen (secondary N) is 2. The van der Waals surface area contributed by atoms with Crippen LogP contribution < -0.4 is 10.9 Å². The summed E-state index contributed by atoms with van der Waals surface area (Å²) in [5.41, 5.74) is 0.0548. The van der Waals surface area contributed by atoms with Crippen LogP contribution in [0.4, 0.5) is 0 Å². The number of rotatable bonds is 4. The molecule has 2 N–H and O–H groups in total. The van der Waals surface area contributed by atoms with E-state index in [1.807, 2.05) is 13.8 Å². The van der Waals surface area contributed by atoms with E-state index in [4.69, 9.17) is 11.6 Å². The lowest BCUT2D eigenvalue weighted by Crippen LogP contribution is -2.40. The third-order valence-electron chi connectivity index (χ3n) is 2.32. The first-order chi connectivity index (χ1) is 7.54. The standard InChI is InChI=1S/C11H15ClN2O2/c1-7(2)9(6-12)14-11(16)8-3-4-13-10(15)5-8/h3-5,7,9H,6H2,1-2H3,(H,13,15)(H,14,16). The summed E-state index contributed by atoms with van der Waals surface area (Å²) in [4.78, 5) is 25.2. The zero-order chi connectivity index (χ0) is 12.1. The molecule has 1 unspecified atom stereocenters. The van der Waals surface area contributed by atoms with Crippen molar-refractivity contribution in [2.75, 3.05) is 5.88 Å². The van der Waals surface area contributed by atoms with Gasteiger partial charge in [-0.05, 0) is 12.0 Å². The number of halogens is 1. The van der Waals surface area contributed by atoms with Crippen molar-refractivity contribution in [3.05, 3.63) is 34.2 Å². The molecule has 16 heavy (non-hydrogen) atoms. The van der Waals surface area contributed by atoms with E-state index in [1.54, 1.807) is 6.07 Å². The second-order valence-corrected chi connectivity index (χ2v) is 4.23. The van der Waals surface area contributed by atoms with Gasteiger partial charge in [0.05, 0.1) is 0 Å². The van der Waals surface area contributed by atoms with Gasteiger partial charge in [0.25, 0.3) is 5.91 Å². The van der Waals surface area contributed by atoms with Gasteiger partial charge in [0.2, 0.25) is 5.56 Å². The minimum atomic E-state index is -0.292. The number of amides is 1. The molecule has 0 saturated heterocycles. The largest absolute Gasteiger partial charge is 0.348 e. The molecule has 1 amide bonds. The van der Waals surface area contributed by atoms with Crippen molar-refractivity contribution in [1.82, 2.24) is 10.3 Å². The van der Waals surface area contributed by atoms with Crippen molar-refractivity contribution in [2.45, 2.75) is 19.9 Å². The number of aromatic amines is 1. The van der Waals surface area contributed by atoms with Crippen molar-refractivity contribution in [2.24, 2.45) is 5.92 Å². The van der Waals surface area contributed by atoms with Gasteiger partial charge in [0.15, 0.2) is 0 Å². The molecule has 0 aliphatic heterocycles. The first-order valence-electron chi connectivity index (χ1n) is 5.10. The molecule has 0 bridgehead atoms. The number of pyridine rings is 1. The maximum atomic E-state index is 11.7. The van der Waals surface area contributed by atoms with E-state index in [2.05, 4.69) is 10.3 Å². The number of carbonyl (C=O) groups is 1. The molecule has 1 heterocycles. The van der Waals surface area contributed by atoms with Crippen molar-refractivity contribution in [3.8, 4) is 0 Å². The smallest absolute Gasteiger partial charge is 0.251 e.